The normalized spacial score (nSPS) is 17.0. The van der Waals surface area contributed by atoms with Crippen molar-refractivity contribution in [1.82, 2.24) is 19.9 Å². The molecule has 3 aromatic rings. The van der Waals surface area contributed by atoms with Crippen molar-refractivity contribution >= 4 is 29.5 Å². The molecule has 7 nitrogen and oxygen atoms in total. The molecule has 36 heavy (non-hydrogen) atoms. The average Bonchev–Trinajstić information content (AvgIpc) is 2.90. The van der Waals surface area contributed by atoms with Crippen LogP contribution < -0.4 is 14.7 Å². The van der Waals surface area contributed by atoms with Crippen molar-refractivity contribution < 1.29 is 17.6 Å². The third-order valence-electron chi connectivity index (χ3n) is 6.28. The van der Waals surface area contributed by atoms with Crippen molar-refractivity contribution in [2.45, 2.75) is 13.1 Å². The number of nitrogens with zero attached hydrogens (tertiary/aromatic N) is 7. The summed E-state index contributed by atoms with van der Waals surface area (Å²) >= 11 is 1.87. The first-order valence-electron chi connectivity index (χ1n) is 11.7. The van der Waals surface area contributed by atoms with Crippen molar-refractivity contribution in [3.63, 3.8) is 0 Å². The third kappa shape index (κ3) is 5.18. The first-order valence-corrected chi connectivity index (χ1v) is 12.8. The number of hydrogen-bond acceptors (Lipinski definition) is 8. The van der Waals surface area contributed by atoms with Gasteiger partial charge in [0.15, 0.2) is 5.82 Å². The van der Waals surface area contributed by atoms with E-state index in [1.54, 1.807) is 24.0 Å². The standard InChI is InChI=1S/C24H25F4N7S/c1-16-15-17(4-5-19(16)25)20-30-22(32-23(31-20)35-11-13-36-14-12-35)34-9-7-33(8-10-34)21-18(24(26,27)28)3-2-6-29-21/h2-6,15H,7-14H2,1H3. The van der Waals surface area contributed by atoms with Crippen molar-refractivity contribution in [2.24, 2.45) is 0 Å². The molecular weight excluding hydrogens is 494 g/mol. The molecule has 2 aromatic heterocycles. The molecule has 0 amide bonds. The summed E-state index contributed by atoms with van der Waals surface area (Å²) in [7, 11) is 0. The molecule has 0 aliphatic carbocycles. The Kier molecular flexibility index (Phi) is 6.87. The molecule has 0 radical (unpaired) electrons. The zero-order chi connectivity index (χ0) is 25.3. The summed E-state index contributed by atoms with van der Waals surface area (Å²) in [5.74, 6) is 3.05. The van der Waals surface area contributed by atoms with Crippen LogP contribution in [0.15, 0.2) is 36.5 Å². The average molecular weight is 520 g/mol. The molecule has 0 atom stereocenters. The van der Waals surface area contributed by atoms with Crippen LogP contribution in [0.1, 0.15) is 11.1 Å². The Hall–Kier alpha value is -3.15. The number of anilines is 3. The topological polar surface area (TPSA) is 61.3 Å². The number of rotatable bonds is 4. The number of aromatic nitrogens is 4. The van der Waals surface area contributed by atoms with Gasteiger partial charge in [-0.05, 0) is 42.8 Å². The molecular formula is C24H25F4N7S. The van der Waals surface area contributed by atoms with E-state index in [2.05, 4.69) is 14.9 Å². The molecule has 12 heteroatoms. The second-order valence-electron chi connectivity index (χ2n) is 8.67. The Balaban J connectivity index is 1.43. The molecule has 1 aromatic carbocycles. The Morgan fingerprint density at radius 1 is 0.833 bits per heavy atom. The molecule has 5 rings (SSSR count). The van der Waals surface area contributed by atoms with Crippen LogP contribution in [0, 0.1) is 12.7 Å². The summed E-state index contributed by atoms with van der Waals surface area (Å²) in [5, 5.41) is 0. The molecule has 0 saturated carbocycles. The second-order valence-corrected chi connectivity index (χ2v) is 9.89. The van der Waals surface area contributed by atoms with Gasteiger partial charge in [0.05, 0.1) is 5.56 Å². The van der Waals surface area contributed by atoms with E-state index >= 15 is 0 Å². The van der Waals surface area contributed by atoms with E-state index in [9.17, 15) is 17.6 Å². The van der Waals surface area contributed by atoms with Gasteiger partial charge in [-0.3, -0.25) is 0 Å². The van der Waals surface area contributed by atoms with Gasteiger partial charge in [-0.25, -0.2) is 9.37 Å². The highest BCUT2D eigenvalue weighted by molar-refractivity contribution is 7.99. The molecule has 2 fully saturated rings. The number of hydrogen-bond donors (Lipinski definition) is 0. The van der Waals surface area contributed by atoms with Crippen LogP contribution >= 0.6 is 11.8 Å². The lowest BCUT2D eigenvalue weighted by atomic mass is 10.1. The van der Waals surface area contributed by atoms with Gasteiger partial charge in [-0.2, -0.15) is 39.9 Å². The number of benzene rings is 1. The Bertz CT molecular complexity index is 1230. The van der Waals surface area contributed by atoms with Crippen molar-refractivity contribution in [2.75, 3.05) is 65.5 Å². The quantitative estimate of drug-likeness (QED) is 0.474. The van der Waals surface area contributed by atoms with Crippen LogP contribution in [0.4, 0.5) is 35.3 Å². The SMILES string of the molecule is Cc1cc(-c2nc(N3CCSCC3)nc(N3CCN(c4ncccc4C(F)(F)F)CC3)n2)ccc1F. The van der Waals surface area contributed by atoms with Crippen molar-refractivity contribution in [3.05, 3.63) is 53.5 Å². The molecule has 0 bridgehead atoms. The van der Waals surface area contributed by atoms with Crippen LogP contribution in [-0.2, 0) is 6.18 Å². The predicted molar refractivity (Wildman–Crippen MR) is 133 cm³/mol. The van der Waals surface area contributed by atoms with Gasteiger partial charge in [0.1, 0.15) is 11.6 Å². The van der Waals surface area contributed by atoms with Crippen LogP contribution in [0.5, 0.6) is 0 Å². The molecule has 0 unspecified atom stereocenters. The highest BCUT2D eigenvalue weighted by atomic mass is 32.2. The molecule has 4 heterocycles. The minimum absolute atomic E-state index is 0.0609. The third-order valence-corrected chi connectivity index (χ3v) is 7.22. The van der Waals surface area contributed by atoms with Crippen molar-refractivity contribution in [1.29, 1.82) is 0 Å². The highest BCUT2D eigenvalue weighted by Crippen LogP contribution is 2.35. The number of halogens is 4. The smallest absolute Gasteiger partial charge is 0.353 e. The largest absolute Gasteiger partial charge is 0.419 e. The minimum atomic E-state index is -4.47. The van der Waals surface area contributed by atoms with E-state index in [0.717, 1.165) is 30.7 Å². The zero-order valence-electron chi connectivity index (χ0n) is 19.7. The number of alkyl halides is 3. The molecule has 0 N–H and O–H groups in total. The molecule has 0 spiro atoms. The van der Waals surface area contributed by atoms with Gasteiger partial charge in [0, 0.05) is 62.5 Å². The van der Waals surface area contributed by atoms with E-state index in [1.807, 2.05) is 16.7 Å². The Morgan fingerprint density at radius 2 is 1.47 bits per heavy atom. The number of pyridine rings is 1. The predicted octanol–water partition coefficient (Wildman–Crippen LogP) is 4.28. The lowest BCUT2D eigenvalue weighted by Gasteiger charge is -2.36. The lowest BCUT2D eigenvalue weighted by molar-refractivity contribution is -0.137. The highest BCUT2D eigenvalue weighted by Gasteiger charge is 2.36. The maximum absolute atomic E-state index is 13.9. The van der Waals surface area contributed by atoms with Crippen LogP contribution in [-0.4, -0.2) is 70.7 Å². The molecule has 190 valence electrons. The lowest BCUT2D eigenvalue weighted by Crippen LogP contribution is -2.48. The van der Waals surface area contributed by atoms with Gasteiger partial charge in [0.25, 0.3) is 0 Å². The van der Waals surface area contributed by atoms with Gasteiger partial charge in [-0.15, -0.1) is 0 Å². The summed E-state index contributed by atoms with van der Waals surface area (Å²) in [6.45, 7) is 4.84. The molecule has 2 aliphatic rings. The number of piperazine rings is 1. The van der Waals surface area contributed by atoms with E-state index in [4.69, 9.17) is 9.97 Å². The summed E-state index contributed by atoms with van der Waals surface area (Å²) in [5.41, 5.74) is 0.444. The van der Waals surface area contributed by atoms with Gasteiger partial charge in [-0.1, -0.05) is 0 Å². The first kappa shape index (κ1) is 24.5. The van der Waals surface area contributed by atoms with Gasteiger partial charge < -0.3 is 14.7 Å². The Morgan fingerprint density at radius 3 is 2.11 bits per heavy atom. The van der Waals surface area contributed by atoms with E-state index in [1.165, 1.54) is 18.3 Å². The van der Waals surface area contributed by atoms with E-state index in [-0.39, 0.29) is 11.6 Å². The maximum atomic E-state index is 13.9. The summed E-state index contributed by atoms with van der Waals surface area (Å²) < 4.78 is 54.4. The first-order chi connectivity index (χ1) is 17.3. The second kappa shape index (κ2) is 10.1. The molecule has 2 saturated heterocycles. The summed E-state index contributed by atoms with van der Waals surface area (Å²) in [4.78, 5) is 23.8. The maximum Gasteiger partial charge on any atom is 0.419 e. The number of aryl methyl sites for hydroxylation is 1. The van der Waals surface area contributed by atoms with E-state index < -0.39 is 11.7 Å². The van der Waals surface area contributed by atoms with Crippen LogP contribution in [0.25, 0.3) is 11.4 Å². The van der Waals surface area contributed by atoms with Crippen LogP contribution in [0.2, 0.25) is 0 Å². The zero-order valence-corrected chi connectivity index (χ0v) is 20.5. The Labute approximate surface area is 210 Å². The fraction of sp³-hybridized carbons (Fsp3) is 0.417. The fourth-order valence-corrected chi connectivity index (χ4v) is 5.20. The summed E-state index contributed by atoms with van der Waals surface area (Å²) in [6.07, 6.45) is -3.10. The van der Waals surface area contributed by atoms with Crippen molar-refractivity contribution in [3.8, 4) is 11.4 Å². The van der Waals surface area contributed by atoms with Gasteiger partial charge >= 0.3 is 6.18 Å². The number of thioether (sulfide) groups is 1. The molecule has 2 aliphatic heterocycles. The fourth-order valence-electron chi connectivity index (χ4n) is 4.30. The summed E-state index contributed by atoms with van der Waals surface area (Å²) in [6, 6.07) is 7.11. The minimum Gasteiger partial charge on any atom is -0.353 e. The van der Waals surface area contributed by atoms with Gasteiger partial charge in [0.2, 0.25) is 11.9 Å². The van der Waals surface area contributed by atoms with E-state index in [0.29, 0.717) is 55.0 Å². The monoisotopic (exact) mass is 519 g/mol. The van der Waals surface area contributed by atoms with Crippen LogP contribution in [0.3, 0.4) is 0 Å².